The van der Waals surface area contributed by atoms with Gasteiger partial charge in [0.25, 0.3) is 0 Å². The second kappa shape index (κ2) is 8.67. The SMILES string of the molecule is CCc1cccc(C)c1NC(=O)C(C)Sc1nc(-c2ccco2)c(-c2ccco2)[nH]1. The number of aryl methyl sites for hydroxylation is 2. The largest absolute Gasteiger partial charge is 0.463 e. The Labute approximate surface area is 179 Å². The van der Waals surface area contributed by atoms with Gasteiger partial charge in [-0.3, -0.25) is 4.79 Å². The smallest absolute Gasteiger partial charge is 0.237 e. The van der Waals surface area contributed by atoms with Crippen molar-refractivity contribution in [2.24, 2.45) is 0 Å². The normalized spacial score (nSPS) is 12.1. The summed E-state index contributed by atoms with van der Waals surface area (Å²) in [5, 5.41) is 3.36. The lowest BCUT2D eigenvalue weighted by Gasteiger charge is -2.15. The molecular formula is C23H23N3O3S. The second-order valence-corrected chi connectivity index (χ2v) is 8.26. The molecule has 1 atom stereocenters. The minimum absolute atomic E-state index is 0.0699. The third kappa shape index (κ3) is 4.07. The number of amides is 1. The van der Waals surface area contributed by atoms with Gasteiger partial charge in [0.05, 0.1) is 17.8 Å². The van der Waals surface area contributed by atoms with Crippen molar-refractivity contribution < 1.29 is 13.6 Å². The molecule has 3 aromatic heterocycles. The van der Waals surface area contributed by atoms with Crippen LogP contribution < -0.4 is 5.32 Å². The number of nitrogens with one attached hydrogen (secondary N) is 2. The Kier molecular flexibility index (Phi) is 5.81. The van der Waals surface area contributed by atoms with Gasteiger partial charge in [0, 0.05) is 5.69 Å². The van der Waals surface area contributed by atoms with Crippen molar-refractivity contribution >= 4 is 23.4 Å². The van der Waals surface area contributed by atoms with Crippen LogP contribution in [0.1, 0.15) is 25.0 Å². The monoisotopic (exact) mass is 421 g/mol. The molecule has 3 heterocycles. The highest BCUT2D eigenvalue weighted by Gasteiger charge is 2.22. The summed E-state index contributed by atoms with van der Waals surface area (Å²) in [4.78, 5) is 20.8. The van der Waals surface area contributed by atoms with E-state index in [-0.39, 0.29) is 11.2 Å². The molecule has 4 rings (SSSR count). The third-order valence-electron chi connectivity index (χ3n) is 4.85. The molecule has 2 N–H and O–H groups in total. The van der Waals surface area contributed by atoms with Crippen LogP contribution in [0.4, 0.5) is 5.69 Å². The van der Waals surface area contributed by atoms with Crippen LogP contribution in [0.15, 0.2) is 69.0 Å². The maximum absolute atomic E-state index is 12.9. The topological polar surface area (TPSA) is 84.1 Å². The summed E-state index contributed by atoms with van der Waals surface area (Å²) in [6, 6.07) is 13.4. The van der Waals surface area contributed by atoms with E-state index in [1.165, 1.54) is 11.8 Å². The Bertz CT molecular complexity index is 1080. The molecule has 0 spiro atoms. The van der Waals surface area contributed by atoms with Crippen LogP contribution in [-0.4, -0.2) is 21.1 Å². The average molecular weight is 422 g/mol. The van der Waals surface area contributed by atoms with Crippen molar-refractivity contribution in [3.8, 4) is 22.9 Å². The zero-order valence-electron chi connectivity index (χ0n) is 17.1. The van der Waals surface area contributed by atoms with E-state index in [0.717, 1.165) is 28.9 Å². The number of rotatable bonds is 7. The number of imidazole rings is 1. The van der Waals surface area contributed by atoms with Gasteiger partial charge in [-0.05, 0) is 55.7 Å². The highest BCUT2D eigenvalue weighted by molar-refractivity contribution is 8.00. The first-order valence-corrected chi connectivity index (χ1v) is 10.7. The molecule has 0 aliphatic rings. The average Bonchev–Trinajstić information content (AvgIpc) is 3.50. The van der Waals surface area contributed by atoms with Crippen LogP contribution >= 0.6 is 11.8 Å². The Morgan fingerprint density at radius 2 is 1.87 bits per heavy atom. The Balaban J connectivity index is 1.56. The predicted molar refractivity (Wildman–Crippen MR) is 118 cm³/mol. The molecule has 4 aromatic rings. The molecule has 0 saturated carbocycles. The molecule has 7 heteroatoms. The number of H-pyrrole nitrogens is 1. The molecule has 1 aromatic carbocycles. The zero-order valence-corrected chi connectivity index (χ0v) is 17.9. The van der Waals surface area contributed by atoms with Gasteiger partial charge in [0.15, 0.2) is 16.7 Å². The first-order valence-electron chi connectivity index (χ1n) is 9.80. The maximum atomic E-state index is 12.9. The van der Waals surface area contributed by atoms with Gasteiger partial charge in [-0.25, -0.2) is 4.98 Å². The number of aromatic nitrogens is 2. The van der Waals surface area contributed by atoms with Gasteiger partial charge < -0.3 is 19.1 Å². The fraction of sp³-hybridized carbons (Fsp3) is 0.217. The van der Waals surface area contributed by atoms with Crippen molar-refractivity contribution in [3.63, 3.8) is 0 Å². The Hall–Kier alpha value is -3.19. The quantitative estimate of drug-likeness (QED) is 0.362. The standard InChI is InChI=1S/C23H23N3O3S/c1-4-16-9-5-8-14(2)19(16)24-22(27)15(3)30-23-25-20(17-10-6-12-28-17)21(26-23)18-11-7-13-29-18/h5-13,15H,4H2,1-3H3,(H,24,27)(H,25,26). The molecule has 1 unspecified atom stereocenters. The summed E-state index contributed by atoms with van der Waals surface area (Å²) < 4.78 is 11.1. The first kappa shape index (κ1) is 20.1. The van der Waals surface area contributed by atoms with Crippen molar-refractivity contribution in [1.82, 2.24) is 9.97 Å². The first-order chi connectivity index (χ1) is 14.6. The van der Waals surface area contributed by atoms with E-state index < -0.39 is 0 Å². The minimum Gasteiger partial charge on any atom is -0.463 e. The number of aromatic amines is 1. The second-order valence-electron chi connectivity index (χ2n) is 6.93. The predicted octanol–water partition coefficient (Wildman–Crippen LogP) is 5.92. The van der Waals surface area contributed by atoms with Gasteiger partial charge in [-0.15, -0.1) is 0 Å². The number of hydrogen-bond donors (Lipinski definition) is 2. The fourth-order valence-electron chi connectivity index (χ4n) is 3.25. The van der Waals surface area contributed by atoms with Gasteiger partial charge >= 0.3 is 0 Å². The highest BCUT2D eigenvalue weighted by Crippen LogP contribution is 2.34. The van der Waals surface area contributed by atoms with Crippen LogP contribution in [0.3, 0.4) is 0 Å². The third-order valence-corrected chi connectivity index (χ3v) is 5.83. The lowest BCUT2D eigenvalue weighted by molar-refractivity contribution is -0.115. The van der Waals surface area contributed by atoms with E-state index in [0.29, 0.717) is 22.4 Å². The van der Waals surface area contributed by atoms with E-state index in [4.69, 9.17) is 8.83 Å². The van der Waals surface area contributed by atoms with Crippen LogP contribution in [0.25, 0.3) is 22.9 Å². The molecule has 0 saturated heterocycles. The van der Waals surface area contributed by atoms with E-state index >= 15 is 0 Å². The zero-order chi connectivity index (χ0) is 21.1. The lowest BCUT2D eigenvalue weighted by atomic mass is 10.1. The molecule has 0 radical (unpaired) electrons. The number of anilines is 1. The number of para-hydroxylation sites is 1. The fourth-order valence-corrected chi connectivity index (χ4v) is 4.05. The number of hydrogen-bond acceptors (Lipinski definition) is 5. The Morgan fingerprint density at radius 3 is 2.53 bits per heavy atom. The summed E-state index contributed by atoms with van der Waals surface area (Å²) >= 11 is 1.36. The lowest BCUT2D eigenvalue weighted by Crippen LogP contribution is -2.23. The molecule has 1 amide bonds. The number of furan rings is 2. The van der Waals surface area contributed by atoms with Crippen LogP contribution in [-0.2, 0) is 11.2 Å². The van der Waals surface area contributed by atoms with Crippen LogP contribution in [0.5, 0.6) is 0 Å². The van der Waals surface area contributed by atoms with E-state index in [1.807, 2.05) is 56.3 Å². The van der Waals surface area contributed by atoms with E-state index in [2.05, 4.69) is 22.2 Å². The molecule has 0 bridgehead atoms. The molecule has 0 aliphatic carbocycles. The highest BCUT2D eigenvalue weighted by atomic mass is 32.2. The van der Waals surface area contributed by atoms with Gasteiger partial charge in [-0.1, -0.05) is 36.9 Å². The molecular weight excluding hydrogens is 398 g/mol. The maximum Gasteiger partial charge on any atom is 0.237 e. The summed E-state index contributed by atoms with van der Waals surface area (Å²) in [6.07, 6.45) is 4.07. The Morgan fingerprint density at radius 1 is 1.13 bits per heavy atom. The molecule has 0 fully saturated rings. The number of nitrogens with zero attached hydrogens (tertiary/aromatic N) is 1. The summed E-state index contributed by atoms with van der Waals surface area (Å²) in [6.45, 7) is 5.95. The summed E-state index contributed by atoms with van der Waals surface area (Å²) in [7, 11) is 0. The van der Waals surface area contributed by atoms with E-state index in [1.54, 1.807) is 12.5 Å². The van der Waals surface area contributed by atoms with E-state index in [9.17, 15) is 4.79 Å². The minimum atomic E-state index is -0.352. The molecule has 30 heavy (non-hydrogen) atoms. The van der Waals surface area contributed by atoms with Crippen molar-refractivity contribution in [3.05, 3.63) is 66.1 Å². The summed E-state index contributed by atoms with van der Waals surface area (Å²) in [5.41, 5.74) is 4.44. The van der Waals surface area contributed by atoms with Crippen molar-refractivity contribution in [2.45, 2.75) is 37.6 Å². The number of thioether (sulfide) groups is 1. The van der Waals surface area contributed by atoms with Gasteiger partial charge in [0.1, 0.15) is 11.4 Å². The van der Waals surface area contributed by atoms with Gasteiger partial charge in [-0.2, -0.15) is 0 Å². The van der Waals surface area contributed by atoms with Crippen molar-refractivity contribution in [1.29, 1.82) is 0 Å². The number of carbonyl (C=O) groups excluding carboxylic acids is 1. The van der Waals surface area contributed by atoms with Crippen molar-refractivity contribution in [2.75, 3.05) is 5.32 Å². The van der Waals surface area contributed by atoms with Crippen LogP contribution in [0, 0.1) is 6.92 Å². The number of benzene rings is 1. The summed E-state index contributed by atoms with van der Waals surface area (Å²) in [5.74, 6) is 1.22. The molecule has 6 nitrogen and oxygen atoms in total. The van der Waals surface area contributed by atoms with Crippen LogP contribution in [0.2, 0.25) is 0 Å². The molecule has 154 valence electrons. The van der Waals surface area contributed by atoms with Gasteiger partial charge in [0.2, 0.25) is 5.91 Å². The number of carbonyl (C=O) groups is 1. The molecule has 0 aliphatic heterocycles.